The molecule has 0 aliphatic carbocycles. The van der Waals surface area contributed by atoms with Crippen LogP contribution in [0.1, 0.15) is 11.6 Å². The van der Waals surface area contributed by atoms with Crippen LogP contribution in [0.4, 0.5) is 18.9 Å². The second-order valence-corrected chi connectivity index (χ2v) is 3.77. The Balaban J connectivity index is 3.31. The standard InChI is InChI=1S/C8H8BrF3N2O/c9-3-1-2-4(13)6(15)5(3)7(14)8(10,11)12/h1-2,7,15H,13-14H2/t7-/m1/s1. The second-order valence-electron chi connectivity index (χ2n) is 2.92. The van der Waals surface area contributed by atoms with E-state index in [9.17, 15) is 18.3 Å². The van der Waals surface area contributed by atoms with E-state index in [-0.39, 0.29) is 10.2 Å². The van der Waals surface area contributed by atoms with Crippen molar-refractivity contribution in [3.05, 3.63) is 22.2 Å². The van der Waals surface area contributed by atoms with Gasteiger partial charge in [0, 0.05) is 10.0 Å². The number of nitrogen functional groups attached to an aromatic ring is 1. The number of benzene rings is 1. The van der Waals surface area contributed by atoms with E-state index in [4.69, 9.17) is 11.5 Å². The van der Waals surface area contributed by atoms with Gasteiger partial charge in [-0.05, 0) is 12.1 Å². The fourth-order valence-electron chi connectivity index (χ4n) is 1.06. The summed E-state index contributed by atoms with van der Waals surface area (Å²) in [6.07, 6.45) is -4.63. The number of hydrogen-bond donors (Lipinski definition) is 3. The molecule has 0 unspecified atom stereocenters. The predicted molar refractivity (Wildman–Crippen MR) is 53.2 cm³/mol. The number of alkyl halides is 3. The summed E-state index contributed by atoms with van der Waals surface area (Å²) in [5.74, 6) is -0.644. The van der Waals surface area contributed by atoms with Crippen LogP contribution in [0.15, 0.2) is 16.6 Å². The van der Waals surface area contributed by atoms with Crippen molar-refractivity contribution in [2.75, 3.05) is 5.73 Å². The molecule has 5 N–H and O–H groups in total. The van der Waals surface area contributed by atoms with Gasteiger partial charge in [0.25, 0.3) is 0 Å². The molecule has 1 aromatic rings. The lowest BCUT2D eigenvalue weighted by atomic mass is 10.1. The number of aromatic hydroxyl groups is 1. The van der Waals surface area contributed by atoms with Gasteiger partial charge in [0.1, 0.15) is 11.8 Å². The van der Waals surface area contributed by atoms with Gasteiger partial charge in [-0.15, -0.1) is 0 Å². The topological polar surface area (TPSA) is 72.3 Å². The molecule has 0 heterocycles. The minimum atomic E-state index is -4.63. The van der Waals surface area contributed by atoms with E-state index >= 15 is 0 Å². The van der Waals surface area contributed by atoms with Gasteiger partial charge >= 0.3 is 6.18 Å². The van der Waals surface area contributed by atoms with Gasteiger partial charge in [-0.1, -0.05) is 15.9 Å². The van der Waals surface area contributed by atoms with Crippen LogP contribution < -0.4 is 11.5 Å². The highest BCUT2D eigenvalue weighted by atomic mass is 79.9. The molecule has 7 heteroatoms. The van der Waals surface area contributed by atoms with Crippen molar-refractivity contribution in [3.63, 3.8) is 0 Å². The highest BCUT2D eigenvalue weighted by Gasteiger charge is 2.40. The van der Waals surface area contributed by atoms with Crippen molar-refractivity contribution in [1.29, 1.82) is 0 Å². The molecule has 0 radical (unpaired) electrons. The minimum Gasteiger partial charge on any atom is -0.505 e. The summed E-state index contributed by atoms with van der Waals surface area (Å²) < 4.78 is 37.1. The molecule has 1 aromatic carbocycles. The summed E-state index contributed by atoms with van der Waals surface area (Å²) >= 11 is 2.88. The lowest BCUT2D eigenvalue weighted by molar-refractivity contribution is -0.149. The first-order chi connectivity index (χ1) is 6.75. The average molecular weight is 285 g/mol. The molecular formula is C8H8BrF3N2O. The van der Waals surface area contributed by atoms with E-state index < -0.39 is 23.5 Å². The van der Waals surface area contributed by atoms with Gasteiger partial charge in [0.2, 0.25) is 0 Å². The molecule has 0 spiro atoms. The molecule has 0 amide bonds. The molecule has 0 bridgehead atoms. The van der Waals surface area contributed by atoms with E-state index in [1.54, 1.807) is 0 Å². The Hall–Kier alpha value is -0.950. The summed E-state index contributed by atoms with van der Waals surface area (Å²) in [5, 5.41) is 9.38. The van der Waals surface area contributed by atoms with Crippen LogP contribution in [-0.2, 0) is 0 Å². The SMILES string of the molecule is Nc1ccc(Br)c([C@@H](N)C(F)(F)F)c1O. The van der Waals surface area contributed by atoms with Crippen molar-refractivity contribution < 1.29 is 18.3 Å². The predicted octanol–water partition coefficient (Wildman–Crippen LogP) is 2.30. The Morgan fingerprint density at radius 1 is 1.33 bits per heavy atom. The number of hydrogen-bond acceptors (Lipinski definition) is 3. The smallest absolute Gasteiger partial charge is 0.407 e. The van der Waals surface area contributed by atoms with Crippen molar-refractivity contribution in [2.45, 2.75) is 12.2 Å². The second kappa shape index (κ2) is 3.90. The van der Waals surface area contributed by atoms with E-state index in [1.807, 2.05) is 0 Å². The van der Waals surface area contributed by atoms with Crippen LogP contribution in [-0.4, -0.2) is 11.3 Å². The molecule has 0 saturated carbocycles. The van der Waals surface area contributed by atoms with Crippen LogP contribution in [0.2, 0.25) is 0 Å². The van der Waals surface area contributed by atoms with Crippen molar-refractivity contribution in [1.82, 2.24) is 0 Å². The molecule has 1 atom stereocenters. The van der Waals surface area contributed by atoms with Crippen molar-refractivity contribution in [2.24, 2.45) is 5.73 Å². The van der Waals surface area contributed by atoms with E-state index in [0.717, 1.165) is 0 Å². The van der Waals surface area contributed by atoms with Gasteiger partial charge in [0.15, 0.2) is 0 Å². The van der Waals surface area contributed by atoms with Crippen LogP contribution in [0.3, 0.4) is 0 Å². The molecule has 1 rings (SSSR count). The zero-order chi connectivity index (χ0) is 11.8. The van der Waals surface area contributed by atoms with Gasteiger partial charge in [-0.3, -0.25) is 0 Å². The number of phenols is 1. The molecule has 0 saturated heterocycles. The van der Waals surface area contributed by atoms with Gasteiger partial charge < -0.3 is 16.6 Å². The Morgan fingerprint density at radius 3 is 2.33 bits per heavy atom. The third kappa shape index (κ3) is 2.35. The summed E-state index contributed by atoms with van der Waals surface area (Å²) in [6, 6.07) is 0.317. The Morgan fingerprint density at radius 2 is 1.87 bits per heavy atom. The van der Waals surface area contributed by atoms with E-state index in [1.165, 1.54) is 12.1 Å². The quantitative estimate of drug-likeness (QED) is 0.547. The van der Waals surface area contributed by atoms with Gasteiger partial charge in [0.05, 0.1) is 5.69 Å². The number of anilines is 1. The molecule has 0 aliphatic rings. The molecule has 0 aliphatic heterocycles. The largest absolute Gasteiger partial charge is 0.505 e. The summed E-state index contributed by atoms with van der Waals surface area (Å²) in [4.78, 5) is 0. The van der Waals surface area contributed by atoms with Crippen molar-refractivity contribution in [3.8, 4) is 5.75 Å². The van der Waals surface area contributed by atoms with E-state index in [2.05, 4.69) is 15.9 Å². The number of halogens is 4. The normalized spacial score (nSPS) is 13.9. The molecule has 84 valence electrons. The zero-order valence-electron chi connectivity index (χ0n) is 7.35. The third-order valence-corrected chi connectivity index (χ3v) is 2.55. The highest BCUT2D eigenvalue weighted by molar-refractivity contribution is 9.10. The first-order valence-corrected chi connectivity index (χ1v) is 4.63. The number of rotatable bonds is 1. The van der Waals surface area contributed by atoms with E-state index in [0.29, 0.717) is 0 Å². The Kier molecular flexibility index (Phi) is 3.15. The summed E-state index contributed by atoms with van der Waals surface area (Å²) in [5.41, 5.74) is 9.65. The molecular weight excluding hydrogens is 277 g/mol. The van der Waals surface area contributed by atoms with Crippen LogP contribution in [0, 0.1) is 0 Å². The first kappa shape index (κ1) is 12.1. The molecule has 15 heavy (non-hydrogen) atoms. The number of phenolic OH excluding ortho intramolecular Hbond substituents is 1. The lowest BCUT2D eigenvalue weighted by Gasteiger charge is -2.19. The molecule has 0 aromatic heterocycles. The number of nitrogens with two attached hydrogens (primary N) is 2. The molecule has 0 fully saturated rings. The fourth-order valence-corrected chi connectivity index (χ4v) is 1.63. The Bertz CT molecular complexity index is 381. The zero-order valence-corrected chi connectivity index (χ0v) is 8.93. The average Bonchev–Trinajstić information content (AvgIpc) is 2.10. The van der Waals surface area contributed by atoms with Gasteiger partial charge in [-0.2, -0.15) is 13.2 Å². The minimum absolute atomic E-state index is 0.0685. The first-order valence-electron chi connectivity index (χ1n) is 3.84. The third-order valence-electron chi connectivity index (χ3n) is 1.86. The van der Waals surface area contributed by atoms with Gasteiger partial charge in [-0.25, -0.2) is 0 Å². The highest BCUT2D eigenvalue weighted by Crippen LogP contribution is 2.41. The molecule has 3 nitrogen and oxygen atoms in total. The maximum absolute atomic E-state index is 12.3. The Labute approximate surface area is 92.0 Å². The fraction of sp³-hybridized carbons (Fsp3) is 0.250. The monoisotopic (exact) mass is 284 g/mol. The van der Waals surface area contributed by atoms with Crippen LogP contribution >= 0.6 is 15.9 Å². The van der Waals surface area contributed by atoms with Crippen LogP contribution in [0.5, 0.6) is 5.75 Å². The summed E-state index contributed by atoms with van der Waals surface area (Å²) in [7, 11) is 0. The summed E-state index contributed by atoms with van der Waals surface area (Å²) in [6.45, 7) is 0. The lowest BCUT2D eigenvalue weighted by Crippen LogP contribution is -2.29. The van der Waals surface area contributed by atoms with Crippen LogP contribution in [0.25, 0.3) is 0 Å². The van der Waals surface area contributed by atoms with Crippen molar-refractivity contribution >= 4 is 21.6 Å². The maximum Gasteiger partial charge on any atom is 0.407 e. The maximum atomic E-state index is 12.3.